The molecule has 5 nitrogen and oxygen atoms in total. The summed E-state index contributed by atoms with van der Waals surface area (Å²) in [4.78, 5) is 14.7. The molecule has 76 valence electrons. The predicted molar refractivity (Wildman–Crippen MR) is 47.7 cm³/mol. The standard InChI is InChI=1S/C9H12N2O3/c12-9(13)8-7(1-4-14-8)5-11-3-2-10-6-11/h2-3,6-8H,1,4-5H2,(H,12,13). The maximum atomic E-state index is 10.8. The third-order valence-electron chi connectivity index (χ3n) is 2.46. The molecule has 14 heavy (non-hydrogen) atoms. The number of carboxylic acids is 1. The van der Waals surface area contributed by atoms with Crippen LogP contribution < -0.4 is 0 Å². The van der Waals surface area contributed by atoms with Gasteiger partial charge in [0.05, 0.1) is 6.33 Å². The van der Waals surface area contributed by atoms with Crippen molar-refractivity contribution in [2.45, 2.75) is 19.1 Å². The van der Waals surface area contributed by atoms with Crippen molar-refractivity contribution in [1.29, 1.82) is 0 Å². The topological polar surface area (TPSA) is 64.3 Å². The van der Waals surface area contributed by atoms with Crippen LogP contribution >= 0.6 is 0 Å². The first-order valence-corrected chi connectivity index (χ1v) is 4.57. The molecule has 1 N–H and O–H groups in total. The summed E-state index contributed by atoms with van der Waals surface area (Å²) in [5.74, 6) is -0.811. The van der Waals surface area contributed by atoms with E-state index >= 15 is 0 Å². The number of rotatable bonds is 3. The van der Waals surface area contributed by atoms with Gasteiger partial charge >= 0.3 is 5.97 Å². The second kappa shape index (κ2) is 3.79. The van der Waals surface area contributed by atoms with Crippen molar-refractivity contribution in [3.8, 4) is 0 Å². The minimum absolute atomic E-state index is 0.0571. The van der Waals surface area contributed by atoms with Gasteiger partial charge in [-0.2, -0.15) is 0 Å². The molecule has 1 aliphatic rings. The van der Waals surface area contributed by atoms with Crippen LogP contribution in [0.5, 0.6) is 0 Å². The zero-order valence-electron chi connectivity index (χ0n) is 7.67. The van der Waals surface area contributed by atoms with Gasteiger partial charge in [-0.05, 0) is 6.42 Å². The number of hydrogen-bond donors (Lipinski definition) is 1. The Labute approximate surface area is 81.3 Å². The molecule has 2 rings (SSSR count). The number of hydrogen-bond acceptors (Lipinski definition) is 3. The van der Waals surface area contributed by atoms with E-state index in [-0.39, 0.29) is 5.92 Å². The number of aromatic nitrogens is 2. The van der Waals surface area contributed by atoms with E-state index in [0.717, 1.165) is 6.42 Å². The van der Waals surface area contributed by atoms with Gasteiger partial charge < -0.3 is 14.4 Å². The van der Waals surface area contributed by atoms with Crippen LogP contribution in [0, 0.1) is 5.92 Å². The fraction of sp³-hybridized carbons (Fsp3) is 0.556. The van der Waals surface area contributed by atoms with Gasteiger partial charge in [0, 0.05) is 31.5 Å². The van der Waals surface area contributed by atoms with Crippen LogP contribution in [-0.2, 0) is 16.1 Å². The van der Waals surface area contributed by atoms with Crippen LogP contribution in [0.4, 0.5) is 0 Å². The summed E-state index contributed by atoms with van der Waals surface area (Å²) >= 11 is 0. The highest BCUT2D eigenvalue weighted by molar-refractivity contribution is 5.73. The summed E-state index contributed by atoms with van der Waals surface area (Å²) in [6, 6.07) is 0. The molecule has 5 heteroatoms. The summed E-state index contributed by atoms with van der Waals surface area (Å²) in [6.07, 6.45) is 5.35. The SMILES string of the molecule is O=C(O)C1OCCC1Cn1ccnc1. The number of aliphatic carboxylic acids is 1. The molecule has 1 aliphatic heterocycles. The Morgan fingerprint density at radius 1 is 1.71 bits per heavy atom. The summed E-state index contributed by atoms with van der Waals surface area (Å²) in [5, 5.41) is 8.86. The zero-order valence-corrected chi connectivity index (χ0v) is 7.67. The third kappa shape index (κ3) is 1.77. The maximum absolute atomic E-state index is 10.8. The number of ether oxygens (including phenoxy) is 1. The Morgan fingerprint density at radius 2 is 2.57 bits per heavy atom. The molecular formula is C9H12N2O3. The lowest BCUT2D eigenvalue weighted by atomic mass is 10.0. The minimum atomic E-state index is -0.868. The predicted octanol–water partition coefficient (Wildman–Crippen LogP) is 0.373. The van der Waals surface area contributed by atoms with Crippen molar-refractivity contribution in [1.82, 2.24) is 9.55 Å². The molecular weight excluding hydrogens is 184 g/mol. The number of carbonyl (C=O) groups is 1. The molecule has 2 heterocycles. The van der Waals surface area contributed by atoms with Gasteiger partial charge in [0.2, 0.25) is 0 Å². The molecule has 1 fully saturated rings. The normalized spacial score (nSPS) is 26.6. The fourth-order valence-electron chi connectivity index (χ4n) is 1.76. The molecule has 0 saturated carbocycles. The van der Waals surface area contributed by atoms with Crippen LogP contribution in [-0.4, -0.2) is 33.3 Å². The monoisotopic (exact) mass is 196 g/mol. The fourth-order valence-corrected chi connectivity index (χ4v) is 1.76. The van der Waals surface area contributed by atoms with E-state index in [4.69, 9.17) is 9.84 Å². The molecule has 0 radical (unpaired) electrons. The summed E-state index contributed by atoms with van der Waals surface area (Å²) in [6.45, 7) is 1.20. The van der Waals surface area contributed by atoms with Crippen molar-refractivity contribution in [2.75, 3.05) is 6.61 Å². The van der Waals surface area contributed by atoms with E-state index in [1.165, 1.54) is 0 Å². The molecule has 0 aliphatic carbocycles. The summed E-state index contributed by atoms with van der Waals surface area (Å²) in [5.41, 5.74) is 0. The summed E-state index contributed by atoms with van der Waals surface area (Å²) < 4.78 is 7.03. The van der Waals surface area contributed by atoms with Crippen molar-refractivity contribution in [3.63, 3.8) is 0 Å². The first kappa shape index (κ1) is 9.21. The van der Waals surface area contributed by atoms with Crippen molar-refractivity contribution in [3.05, 3.63) is 18.7 Å². The maximum Gasteiger partial charge on any atom is 0.333 e. The van der Waals surface area contributed by atoms with Gasteiger partial charge in [-0.25, -0.2) is 9.78 Å². The van der Waals surface area contributed by atoms with Gasteiger partial charge in [0.25, 0.3) is 0 Å². The largest absolute Gasteiger partial charge is 0.479 e. The highest BCUT2D eigenvalue weighted by Gasteiger charge is 2.33. The van der Waals surface area contributed by atoms with E-state index in [2.05, 4.69) is 4.98 Å². The van der Waals surface area contributed by atoms with Crippen molar-refractivity contribution < 1.29 is 14.6 Å². The summed E-state index contributed by atoms with van der Waals surface area (Å²) in [7, 11) is 0. The van der Waals surface area contributed by atoms with E-state index in [0.29, 0.717) is 13.2 Å². The number of nitrogens with zero attached hydrogens (tertiary/aromatic N) is 2. The first-order chi connectivity index (χ1) is 6.77. The molecule has 1 aromatic heterocycles. The van der Waals surface area contributed by atoms with Crippen LogP contribution in [0.25, 0.3) is 0 Å². The quantitative estimate of drug-likeness (QED) is 0.758. The van der Waals surface area contributed by atoms with Gasteiger partial charge in [-0.3, -0.25) is 0 Å². The van der Waals surface area contributed by atoms with Crippen LogP contribution in [0.3, 0.4) is 0 Å². The minimum Gasteiger partial charge on any atom is -0.479 e. The number of carboxylic acid groups (broad SMARTS) is 1. The van der Waals surface area contributed by atoms with Crippen molar-refractivity contribution >= 4 is 5.97 Å². The smallest absolute Gasteiger partial charge is 0.333 e. The van der Waals surface area contributed by atoms with Crippen LogP contribution in [0.2, 0.25) is 0 Å². The Hall–Kier alpha value is -1.36. The van der Waals surface area contributed by atoms with Crippen LogP contribution in [0.1, 0.15) is 6.42 Å². The average molecular weight is 196 g/mol. The Morgan fingerprint density at radius 3 is 3.21 bits per heavy atom. The highest BCUT2D eigenvalue weighted by Crippen LogP contribution is 2.22. The Bertz CT molecular complexity index is 310. The molecule has 2 unspecified atom stereocenters. The molecule has 2 atom stereocenters. The van der Waals surface area contributed by atoms with Gasteiger partial charge in [-0.15, -0.1) is 0 Å². The van der Waals surface area contributed by atoms with Crippen molar-refractivity contribution in [2.24, 2.45) is 5.92 Å². The lowest BCUT2D eigenvalue weighted by molar-refractivity contribution is -0.149. The Kier molecular flexibility index (Phi) is 2.49. The van der Waals surface area contributed by atoms with E-state index in [9.17, 15) is 4.79 Å². The average Bonchev–Trinajstić information content (AvgIpc) is 2.75. The second-order valence-electron chi connectivity index (χ2n) is 3.44. The van der Waals surface area contributed by atoms with Gasteiger partial charge in [0.1, 0.15) is 0 Å². The molecule has 1 aromatic rings. The van der Waals surface area contributed by atoms with E-state index in [1.807, 2.05) is 10.8 Å². The molecule has 0 aromatic carbocycles. The first-order valence-electron chi connectivity index (χ1n) is 4.57. The van der Waals surface area contributed by atoms with Crippen LogP contribution in [0.15, 0.2) is 18.7 Å². The third-order valence-corrected chi connectivity index (χ3v) is 2.46. The molecule has 0 amide bonds. The zero-order chi connectivity index (χ0) is 9.97. The Balaban J connectivity index is 2.00. The van der Waals surface area contributed by atoms with Gasteiger partial charge in [-0.1, -0.05) is 0 Å². The van der Waals surface area contributed by atoms with Gasteiger partial charge in [0.15, 0.2) is 6.10 Å². The van der Waals surface area contributed by atoms with E-state index in [1.54, 1.807) is 12.5 Å². The lowest BCUT2D eigenvalue weighted by Crippen LogP contribution is -2.28. The molecule has 0 bridgehead atoms. The number of imidazole rings is 1. The second-order valence-corrected chi connectivity index (χ2v) is 3.44. The molecule has 1 saturated heterocycles. The highest BCUT2D eigenvalue weighted by atomic mass is 16.5. The van der Waals surface area contributed by atoms with E-state index < -0.39 is 12.1 Å². The molecule has 0 spiro atoms. The lowest BCUT2D eigenvalue weighted by Gasteiger charge is -2.14.